The van der Waals surface area contributed by atoms with Crippen LogP contribution in [0.25, 0.3) is 0 Å². The Bertz CT molecular complexity index is 262. The van der Waals surface area contributed by atoms with Crippen LogP contribution in [0, 0.1) is 5.92 Å². The predicted octanol–water partition coefficient (Wildman–Crippen LogP) is 0.157. The van der Waals surface area contributed by atoms with E-state index in [0.717, 1.165) is 0 Å². The Morgan fingerprint density at radius 3 is 2.76 bits per heavy atom. The molecule has 1 atom stereocenters. The van der Waals surface area contributed by atoms with Gasteiger partial charge in [-0.15, -0.1) is 0 Å². The van der Waals surface area contributed by atoms with Crippen LogP contribution in [0.15, 0.2) is 5.16 Å². The summed E-state index contributed by atoms with van der Waals surface area (Å²) in [7, 11) is 0. The molecule has 1 amide bonds. The van der Waals surface area contributed by atoms with E-state index in [0.29, 0.717) is 0 Å². The van der Waals surface area contributed by atoms with E-state index in [1.807, 2.05) is 0 Å². The van der Waals surface area contributed by atoms with Gasteiger partial charge in [-0.2, -0.15) is 0 Å². The number of oxime groups is 1. The molecule has 0 fully saturated rings. The molecule has 0 heterocycles. The largest absolute Gasteiger partial charge is 0.409 e. The third kappa shape index (κ3) is 8.38. The Morgan fingerprint density at radius 2 is 2.24 bits per heavy atom. The fourth-order valence-corrected chi connectivity index (χ4v) is 0.896. The maximum atomic E-state index is 11.7. The number of nitrogens with two attached hydrogens (primary N) is 1. The van der Waals surface area contributed by atoms with Gasteiger partial charge in [0.05, 0.1) is 6.61 Å². The van der Waals surface area contributed by atoms with Crippen LogP contribution in [0.4, 0.5) is 8.78 Å². The number of halogens is 2. The summed E-state index contributed by atoms with van der Waals surface area (Å²) in [5, 5.41) is 13.7. The van der Waals surface area contributed by atoms with Crippen molar-refractivity contribution in [1.82, 2.24) is 5.32 Å². The molecular weight excluding hydrogens is 236 g/mol. The minimum atomic E-state index is -2.53. The monoisotopic (exact) mass is 253 g/mol. The van der Waals surface area contributed by atoms with E-state index >= 15 is 0 Å². The topological polar surface area (TPSA) is 96.9 Å². The number of alkyl halides is 2. The Hall–Kier alpha value is -1.44. The normalized spacial score (nSPS) is 13.8. The Labute approximate surface area is 97.8 Å². The molecule has 0 aromatic rings. The smallest absolute Gasteiger partial charge is 0.261 e. The molecule has 6 nitrogen and oxygen atoms in total. The number of ether oxygens (including phenoxy) is 1. The molecule has 0 spiro atoms. The fourth-order valence-electron chi connectivity index (χ4n) is 0.896. The summed E-state index contributed by atoms with van der Waals surface area (Å²) in [5.74, 6) is -0.623. The molecule has 100 valence electrons. The minimum absolute atomic E-state index is 0.00435. The van der Waals surface area contributed by atoms with Gasteiger partial charge < -0.3 is 21.0 Å². The number of amides is 1. The van der Waals surface area contributed by atoms with Gasteiger partial charge in [-0.25, -0.2) is 8.78 Å². The SMILES string of the molecule is CC(CNC(=O)CCOCC(F)F)C(N)=NO. The molecule has 0 aromatic heterocycles. The first-order valence-electron chi connectivity index (χ1n) is 5.07. The third-order valence-electron chi connectivity index (χ3n) is 1.94. The van der Waals surface area contributed by atoms with E-state index in [9.17, 15) is 13.6 Å². The van der Waals surface area contributed by atoms with E-state index in [1.165, 1.54) is 0 Å². The highest BCUT2D eigenvalue weighted by atomic mass is 19.3. The molecule has 1 unspecified atom stereocenters. The maximum Gasteiger partial charge on any atom is 0.261 e. The van der Waals surface area contributed by atoms with Crippen LogP contribution in [-0.2, 0) is 9.53 Å². The van der Waals surface area contributed by atoms with Gasteiger partial charge in [0.2, 0.25) is 5.91 Å². The maximum absolute atomic E-state index is 11.7. The van der Waals surface area contributed by atoms with E-state index in [1.54, 1.807) is 6.92 Å². The highest BCUT2D eigenvalue weighted by Gasteiger charge is 2.09. The Morgan fingerprint density at radius 1 is 1.59 bits per heavy atom. The first-order chi connectivity index (χ1) is 7.97. The highest BCUT2D eigenvalue weighted by molar-refractivity contribution is 5.83. The number of nitrogens with one attached hydrogen (secondary N) is 1. The summed E-state index contributed by atoms with van der Waals surface area (Å²) in [6, 6.07) is 0. The fraction of sp³-hybridized carbons (Fsp3) is 0.778. The number of rotatable bonds is 8. The van der Waals surface area contributed by atoms with Crippen molar-refractivity contribution in [2.45, 2.75) is 19.8 Å². The van der Waals surface area contributed by atoms with Crippen LogP contribution in [-0.4, -0.2) is 43.1 Å². The second kappa shape index (κ2) is 8.68. The molecule has 0 aromatic carbocycles. The zero-order chi connectivity index (χ0) is 13.3. The second-order valence-electron chi connectivity index (χ2n) is 3.45. The predicted molar refractivity (Wildman–Crippen MR) is 57.0 cm³/mol. The van der Waals surface area contributed by atoms with E-state index in [4.69, 9.17) is 10.9 Å². The summed E-state index contributed by atoms with van der Waals surface area (Å²) in [5.41, 5.74) is 5.30. The minimum Gasteiger partial charge on any atom is -0.409 e. The third-order valence-corrected chi connectivity index (χ3v) is 1.94. The van der Waals surface area contributed by atoms with E-state index in [-0.39, 0.29) is 37.2 Å². The van der Waals surface area contributed by atoms with Gasteiger partial charge in [0.25, 0.3) is 6.43 Å². The lowest BCUT2D eigenvalue weighted by Gasteiger charge is -2.11. The van der Waals surface area contributed by atoms with Gasteiger partial charge in [0, 0.05) is 18.9 Å². The number of carbonyl (C=O) groups excluding carboxylic acids is 1. The van der Waals surface area contributed by atoms with E-state index < -0.39 is 13.0 Å². The van der Waals surface area contributed by atoms with Gasteiger partial charge >= 0.3 is 0 Å². The molecule has 0 radical (unpaired) electrons. The lowest BCUT2D eigenvalue weighted by atomic mass is 10.1. The van der Waals surface area contributed by atoms with Gasteiger partial charge in [0.1, 0.15) is 12.4 Å². The molecular formula is C9H17F2N3O3. The summed E-state index contributed by atoms with van der Waals surface area (Å²) in [6.07, 6.45) is -2.53. The van der Waals surface area contributed by atoms with Crippen LogP contribution < -0.4 is 11.1 Å². The summed E-state index contributed by atoms with van der Waals surface area (Å²) < 4.78 is 27.9. The van der Waals surface area contributed by atoms with Gasteiger partial charge in [-0.05, 0) is 0 Å². The van der Waals surface area contributed by atoms with Crippen LogP contribution >= 0.6 is 0 Å². The van der Waals surface area contributed by atoms with Gasteiger partial charge in [0.15, 0.2) is 0 Å². The van der Waals surface area contributed by atoms with Crippen molar-refractivity contribution in [3.63, 3.8) is 0 Å². The number of amidine groups is 1. The Kier molecular flexibility index (Phi) is 7.95. The lowest BCUT2D eigenvalue weighted by molar-refractivity contribution is -0.122. The summed E-state index contributed by atoms with van der Waals surface area (Å²) in [6.45, 7) is 1.15. The summed E-state index contributed by atoms with van der Waals surface area (Å²) >= 11 is 0. The highest BCUT2D eigenvalue weighted by Crippen LogP contribution is 1.95. The molecule has 0 bridgehead atoms. The number of hydrogen-bond acceptors (Lipinski definition) is 4. The number of nitrogens with zero attached hydrogens (tertiary/aromatic N) is 1. The van der Waals surface area contributed by atoms with Crippen molar-refractivity contribution in [1.29, 1.82) is 0 Å². The van der Waals surface area contributed by atoms with Crippen molar-refractivity contribution in [3.8, 4) is 0 Å². The molecule has 0 aliphatic heterocycles. The summed E-state index contributed by atoms with van der Waals surface area (Å²) in [4.78, 5) is 11.2. The van der Waals surface area contributed by atoms with Crippen LogP contribution in [0.5, 0.6) is 0 Å². The standard InChI is InChI=1S/C9H17F2N3O3/c1-6(9(12)14-16)4-13-8(15)2-3-17-5-7(10)11/h6-7,16H,2-5H2,1H3,(H2,12,14)(H,13,15). The van der Waals surface area contributed by atoms with Crippen molar-refractivity contribution >= 4 is 11.7 Å². The van der Waals surface area contributed by atoms with E-state index in [2.05, 4.69) is 15.2 Å². The lowest BCUT2D eigenvalue weighted by Crippen LogP contribution is -2.35. The molecule has 0 aliphatic carbocycles. The molecule has 0 saturated carbocycles. The molecule has 4 N–H and O–H groups in total. The first kappa shape index (κ1) is 15.6. The molecule has 17 heavy (non-hydrogen) atoms. The molecule has 8 heteroatoms. The number of hydrogen-bond donors (Lipinski definition) is 3. The molecule has 0 rings (SSSR count). The van der Waals surface area contributed by atoms with Crippen molar-refractivity contribution in [2.24, 2.45) is 16.8 Å². The zero-order valence-electron chi connectivity index (χ0n) is 9.53. The van der Waals surface area contributed by atoms with Gasteiger partial charge in [-0.1, -0.05) is 12.1 Å². The van der Waals surface area contributed by atoms with Crippen LogP contribution in [0.2, 0.25) is 0 Å². The van der Waals surface area contributed by atoms with Crippen LogP contribution in [0.3, 0.4) is 0 Å². The molecule has 0 aliphatic rings. The molecule has 0 saturated heterocycles. The second-order valence-corrected chi connectivity index (χ2v) is 3.45. The van der Waals surface area contributed by atoms with Crippen molar-refractivity contribution in [2.75, 3.05) is 19.8 Å². The zero-order valence-corrected chi connectivity index (χ0v) is 9.53. The Balaban J connectivity index is 3.60. The average Bonchev–Trinajstić information content (AvgIpc) is 2.30. The van der Waals surface area contributed by atoms with Crippen molar-refractivity contribution in [3.05, 3.63) is 0 Å². The van der Waals surface area contributed by atoms with Gasteiger partial charge in [-0.3, -0.25) is 4.79 Å². The number of carbonyl (C=O) groups is 1. The van der Waals surface area contributed by atoms with Crippen LogP contribution in [0.1, 0.15) is 13.3 Å². The average molecular weight is 253 g/mol. The quantitative estimate of drug-likeness (QED) is 0.189. The van der Waals surface area contributed by atoms with Crippen molar-refractivity contribution < 1.29 is 23.5 Å². The first-order valence-corrected chi connectivity index (χ1v) is 5.07.